The number of hydrogen-bond acceptors (Lipinski definition) is 4. The molecule has 0 saturated carbocycles. The molecule has 0 saturated heterocycles. The summed E-state index contributed by atoms with van der Waals surface area (Å²) in [5, 5.41) is 11.1. The van der Waals surface area contributed by atoms with Crippen LogP contribution in [0.4, 0.5) is 5.69 Å². The molecule has 1 heterocycles. The van der Waals surface area contributed by atoms with Crippen molar-refractivity contribution in [3.63, 3.8) is 0 Å². The summed E-state index contributed by atoms with van der Waals surface area (Å²) in [7, 11) is 0. The van der Waals surface area contributed by atoms with Gasteiger partial charge in [-0.05, 0) is 24.3 Å². The summed E-state index contributed by atoms with van der Waals surface area (Å²) in [6, 6.07) is 8.09. The van der Waals surface area contributed by atoms with Gasteiger partial charge in [0.1, 0.15) is 5.56 Å². The number of hydrogen-bond donors (Lipinski definition) is 3. The van der Waals surface area contributed by atoms with E-state index in [1.807, 2.05) is 11.1 Å². The third-order valence-corrected chi connectivity index (χ3v) is 2.34. The van der Waals surface area contributed by atoms with E-state index in [2.05, 4.69) is 10.3 Å². The van der Waals surface area contributed by atoms with E-state index in [0.29, 0.717) is 11.3 Å². The van der Waals surface area contributed by atoms with E-state index in [4.69, 9.17) is 5.26 Å². The SMILES string of the molecule is N#Cc1ccc(NC(=O)c2c[nH]c(=O)[nH]c2=O)cc1. The Bertz CT molecular complexity index is 765. The molecular formula is C12H8N4O3. The van der Waals surface area contributed by atoms with E-state index < -0.39 is 17.2 Å². The second-order valence-corrected chi connectivity index (χ2v) is 3.63. The zero-order valence-electron chi connectivity index (χ0n) is 9.56. The minimum absolute atomic E-state index is 0.205. The first kappa shape index (κ1) is 12.3. The zero-order chi connectivity index (χ0) is 13.8. The molecule has 0 aliphatic heterocycles. The summed E-state index contributed by atoms with van der Waals surface area (Å²) in [4.78, 5) is 38.2. The Morgan fingerprint density at radius 2 is 1.89 bits per heavy atom. The molecule has 0 atom stereocenters. The molecule has 2 aromatic rings. The van der Waals surface area contributed by atoms with Crippen LogP contribution in [0.3, 0.4) is 0 Å². The lowest BCUT2D eigenvalue weighted by molar-refractivity contribution is 0.102. The molecule has 1 amide bonds. The number of carbonyl (C=O) groups excluding carboxylic acids is 1. The van der Waals surface area contributed by atoms with Crippen molar-refractivity contribution in [1.29, 1.82) is 5.26 Å². The van der Waals surface area contributed by atoms with Crippen molar-refractivity contribution in [2.24, 2.45) is 0 Å². The van der Waals surface area contributed by atoms with Gasteiger partial charge in [0.15, 0.2) is 0 Å². The number of amides is 1. The smallest absolute Gasteiger partial charge is 0.322 e. The highest BCUT2D eigenvalue weighted by Crippen LogP contribution is 2.09. The maximum absolute atomic E-state index is 11.8. The van der Waals surface area contributed by atoms with Gasteiger partial charge in [0.25, 0.3) is 11.5 Å². The van der Waals surface area contributed by atoms with Crippen molar-refractivity contribution in [2.75, 3.05) is 5.32 Å². The first-order chi connectivity index (χ1) is 9.10. The molecule has 2 rings (SSSR count). The molecule has 94 valence electrons. The summed E-state index contributed by atoms with van der Waals surface area (Å²) < 4.78 is 0. The molecule has 0 aliphatic carbocycles. The molecule has 3 N–H and O–H groups in total. The number of nitriles is 1. The zero-order valence-corrected chi connectivity index (χ0v) is 9.56. The summed E-state index contributed by atoms with van der Waals surface area (Å²) in [5.41, 5.74) is -0.756. The van der Waals surface area contributed by atoms with Gasteiger partial charge in [0, 0.05) is 11.9 Å². The Morgan fingerprint density at radius 3 is 2.47 bits per heavy atom. The maximum Gasteiger partial charge on any atom is 0.325 e. The fourth-order valence-electron chi connectivity index (χ4n) is 1.40. The number of nitrogens with zero attached hydrogens (tertiary/aromatic N) is 1. The van der Waals surface area contributed by atoms with E-state index >= 15 is 0 Å². The highest BCUT2D eigenvalue weighted by Gasteiger charge is 2.10. The first-order valence-electron chi connectivity index (χ1n) is 5.23. The van der Waals surface area contributed by atoms with E-state index in [1.165, 1.54) is 24.3 Å². The molecule has 0 aliphatic rings. The molecule has 0 unspecified atom stereocenters. The second-order valence-electron chi connectivity index (χ2n) is 3.63. The Morgan fingerprint density at radius 1 is 1.21 bits per heavy atom. The Labute approximate surface area is 106 Å². The quantitative estimate of drug-likeness (QED) is 0.710. The van der Waals surface area contributed by atoms with Crippen LogP contribution in [-0.4, -0.2) is 15.9 Å². The first-order valence-corrected chi connectivity index (χ1v) is 5.23. The fraction of sp³-hybridized carbons (Fsp3) is 0. The lowest BCUT2D eigenvalue weighted by atomic mass is 10.2. The average molecular weight is 256 g/mol. The predicted octanol–water partition coefficient (Wildman–Crippen LogP) is 0.187. The van der Waals surface area contributed by atoms with Crippen LogP contribution >= 0.6 is 0 Å². The molecule has 7 heteroatoms. The molecule has 0 radical (unpaired) electrons. The Hall–Kier alpha value is -3.14. The summed E-state index contributed by atoms with van der Waals surface area (Å²) >= 11 is 0. The third-order valence-electron chi connectivity index (χ3n) is 2.34. The van der Waals surface area contributed by atoms with Gasteiger partial charge >= 0.3 is 5.69 Å². The van der Waals surface area contributed by atoms with Crippen molar-refractivity contribution in [1.82, 2.24) is 9.97 Å². The van der Waals surface area contributed by atoms with Crippen LogP contribution in [0.15, 0.2) is 40.1 Å². The summed E-state index contributed by atoms with van der Waals surface area (Å²) in [5.74, 6) is -0.651. The van der Waals surface area contributed by atoms with Crippen LogP contribution < -0.4 is 16.6 Å². The number of nitrogens with one attached hydrogen (secondary N) is 3. The molecule has 7 nitrogen and oxygen atoms in total. The van der Waals surface area contributed by atoms with Crippen LogP contribution in [0, 0.1) is 11.3 Å². The number of H-pyrrole nitrogens is 2. The normalized spacial score (nSPS) is 9.63. The van der Waals surface area contributed by atoms with E-state index in [1.54, 1.807) is 0 Å². The summed E-state index contributed by atoms with van der Waals surface area (Å²) in [6.07, 6.45) is 1.04. The lowest BCUT2D eigenvalue weighted by Crippen LogP contribution is -2.29. The number of anilines is 1. The van der Waals surface area contributed by atoms with Crippen molar-refractivity contribution < 1.29 is 4.79 Å². The molecule has 1 aromatic carbocycles. The van der Waals surface area contributed by atoms with Crippen LogP contribution in [0.2, 0.25) is 0 Å². The van der Waals surface area contributed by atoms with Crippen LogP contribution in [0.1, 0.15) is 15.9 Å². The number of aromatic nitrogens is 2. The lowest BCUT2D eigenvalue weighted by Gasteiger charge is -2.03. The largest absolute Gasteiger partial charge is 0.325 e. The Kier molecular flexibility index (Phi) is 3.25. The maximum atomic E-state index is 11.8. The molecule has 0 bridgehead atoms. The van der Waals surface area contributed by atoms with Crippen LogP contribution in [-0.2, 0) is 0 Å². The Balaban J connectivity index is 2.23. The van der Waals surface area contributed by atoms with Crippen molar-refractivity contribution in [2.45, 2.75) is 0 Å². The molecule has 0 fully saturated rings. The molecule has 0 spiro atoms. The minimum Gasteiger partial charge on any atom is -0.322 e. The van der Waals surface area contributed by atoms with E-state index in [-0.39, 0.29) is 5.56 Å². The van der Waals surface area contributed by atoms with Gasteiger partial charge in [-0.15, -0.1) is 0 Å². The van der Waals surface area contributed by atoms with Gasteiger partial charge in [-0.2, -0.15) is 5.26 Å². The van der Waals surface area contributed by atoms with Crippen molar-refractivity contribution >= 4 is 11.6 Å². The van der Waals surface area contributed by atoms with Crippen LogP contribution in [0.25, 0.3) is 0 Å². The van der Waals surface area contributed by atoms with Gasteiger partial charge in [-0.1, -0.05) is 0 Å². The minimum atomic E-state index is -0.769. The molecule has 19 heavy (non-hydrogen) atoms. The fourth-order valence-corrected chi connectivity index (χ4v) is 1.40. The van der Waals surface area contributed by atoms with E-state index in [9.17, 15) is 14.4 Å². The number of benzene rings is 1. The number of aromatic amines is 2. The van der Waals surface area contributed by atoms with Gasteiger partial charge in [0.05, 0.1) is 11.6 Å². The number of carbonyl (C=O) groups is 1. The van der Waals surface area contributed by atoms with Crippen LogP contribution in [0.5, 0.6) is 0 Å². The van der Waals surface area contributed by atoms with Gasteiger partial charge in [0.2, 0.25) is 0 Å². The highest BCUT2D eigenvalue weighted by molar-refractivity contribution is 6.03. The summed E-state index contributed by atoms with van der Waals surface area (Å²) in [6.45, 7) is 0. The van der Waals surface area contributed by atoms with Gasteiger partial charge in [-0.3, -0.25) is 14.6 Å². The van der Waals surface area contributed by atoms with Crippen molar-refractivity contribution in [3.8, 4) is 6.07 Å². The predicted molar refractivity (Wildman–Crippen MR) is 66.8 cm³/mol. The van der Waals surface area contributed by atoms with Crippen molar-refractivity contribution in [3.05, 3.63) is 62.4 Å². The topological polar surface area (TPSA) is 119 Å². The monoisotopic (exact) mass is 256 g/mol. The molecular weight excluding hydrogens is 248 g/mol. The highest BCUT2D eigenvalue weighted by atomic mass is 16.2. The number of rotatable bonds is 2. The third kappa shape index (κ3) is 2.76. The second kappa shape index (κ2) is 5.01. The van der Waals surface area contributed by atoms with Gasteiger partial charge < -0.3 is 10.3 Å². The average Bonchev–Trinajstić information content (AvgIpc) is 2.39. The van der Waals surface area contributed by atoms with E-state index in [0.717, 1.165) is 6.20 Å². The molecule has 1 aromatic heterocycles. The van der Waals surface area contributed by atoms with Gasteiger partial charge in [-0.25, -0.2) is 4.79 Å². The standard InChI is InChI=1S/C12H8N4O3/c13-5-7-1-3-8(4-2-7)15-10(17)9-6-14-12(19)16-11(9)18/h1-4,6H,(H,15,17)(H2,14,16,18,19).